The van der Waals surface area contributed by atoms with E-state index in [1.165, 1.54) is 0 Å². The molecule has 1 heterocycles. The third-order valence-corrected chi connectivity index (χ3v) is 3.67. The zero-order valence-electron chi connectivity index (χ0n) is 13.6. The first-order valence-corrected chi connectivity index (χ1v) is 7.89. The number of fused-ring (bicyclic) bond motifs is 1. The van der Waals surface area contributed by atoms with Crippen LogP contribution in [0.2, 0.25) is 0 Å². The summed E-state index contributed by atoms with van der Waals surface area (Å²) in [5.74, 6) is 0.287. The highest BCUT2D eigenvalue weighted by Gasteiger charge is 2.27. The molecule has 0 fully saturated rings. The van der Waals surface area contributed by atoms with Gasteiger partial charge in [-0.3, -0.25) is 4.79 Å². The molecule has 22 heavy (non-hydrogen) atoms. The van der Waals surface area contributed by atoms with Gasteiger partial charge in [0.25, 0.3) is 0 Å². The predicted molar refractivity (Wildman–Crippen MR) is 86.2 cm³/mol. The Morgan fingerprint density at radius 2 is 1.95 bits per heavy atom. The van der Waals surface area contributed by atoms with E-state index in [9.17, 15) is 9.59 Å². The lowest BCUT2D eigenvalue weighted by molar-refractivity contribution is -0.133. The van der Waals surface area contributed by atoms with Crippen molar-refractivity contribution in [3.8, 4) is 5.75 Å². The van der Waals surface area contributed by atoms with Gasteiger partial charge in [-0.25, -0.2) is 4.79 Å². The molecule has 1 aromatic carbocycles. The molecule has 0 aliphatic carbocycles. The van der Waals surface area contributed by atoms with Gasteiger partial charge in [0.15, 0.2) is 5.75 Å². The van der Waals surface area contributed by atoms with Crippen molar-refractivity contribution in [2.24, 2.45) is 0 Å². The Hall–Kier alpha value is -2.04. The van der Waals surface area contributed by atoms with E-state index in [-0.39, 0.29) is 25.0 Å². The zero-order chi connectivity index (χ0) is 16.1. The largest absolute Gasteiger partial charge is 0.423 e. The summed E-state index contributed by atoms with van der Waals surface area (Å²) in [6.45, 7) is 7.91. The highest BCUT2D eigenvalue weighted by molar-refractivity contribution is 5.89. The number of nitrogens with zero attached hydrogens (tertiary/aromatic N) is 2. The Balaban J connectivity index is 2.15. The van der Waals surface area contributed by atoms with Crippen molar-refractivity contribution >= 4 is 17.6 Å². The van der Waals surface area contributed by atoms with Crippen molar-refractivity contribution in [1.82, 2.24) is 4.90 Å². The molecule has 0 radical (unpaired) electrons. The van der Waals surface area contributed by atoms with Crippen molar-refractivity contribution in [3.63, 3.8) is 0 Å². The highest BCUT2D eigenvalue weighted by Crippen LogP contribution is 2.32. The number of hydrogen-bond acceptors (Lipinski definition) is 4. The van der Waals surface area contributed by atoms with E-state index in [1.54, 1.807) is 4.90 Å². The van der Waals surface area contributed by atoms with E-state index in [0.717, 1.165) is 37.2 Å². The number of rotatable bonds is 6. The van der Waals surface area contributed by atoms with Gasteiger partial charge in [0.2, 0.25) is 5.91 Å². The van der Waals surface area contributed by atoms with Gasteiger partial charge >= 0.3 is 5.97 Å². The van der Waals surface area contributed by atoms with Gasteiger partial charge in [-0.05, 0) is 37.5 Å². The summed E-state index contributed by atoms with van der Waals surface area (Å²) in [5.41, 5.74) is 1.84. The predicted octanol–water partition coefficient (Wildman–Crippen LogP) is 2.37. The van der Waals surface area contributed by atoms with Crippen LogP contribution in [0.5, 0.6) is 5.75 Å². The Morgan fingerprint density at radius 1 is 1.27 bits per heavy atom. The topological polar surface area (TPSA) is 49.9 Å². The highest BCUT2D eigenvalue weighted by atomic mass is 16.5. The number of benzene rings is 1. The molecule has 0 spiro atoms. The molecule has 1 aliphatic heterocycles. The Morgan fingerprint density at radius 3 is 2.59 bits per heavy atom. The van der Waals surface area contributed by atoms with Crippen molar-refractivity contribution < 1.29 is 14.3 Å². The maximum atomic E-state index is 12.5. The third kappa shape index (κ3) is 3.78. The minimum absolute atomic E-state index is 0.0601. The van der Waals surface area contributed by atoms with Crippen molar-refractivity contribution in [2.75, 3.05) is 31.1 Å². The van der Waals surface area contributed by atoms with Crippen LogP contribution in [0.15, 0.2) is 18.2 Å². The minimum Gasteiger partial charge on any atom is -0.423 e. The number of aryl methyl sites for hydroxylation is 1. The van der Waals surface area contributed by atoms with Crippen LogP contribution in [0.1, 0.15) is 32.3 Å². The summed E-state index contributed by atoms with van der Waals surface area (Å²) < 4.78 is 5.27. The third-order valence-electron chi connectivity index (χ3n) is 3.67. The van der Waals surface area contributed by atoms with Crippen molar-refractivity contribution in [1.29, 1.82) is 0 Å². The summed E-state index contributed by atoms with van der Waals surface area (Å²) >= 11 is 0. The number of amides is 1. The average molecular weight is 304 g/mol. The first kappa shape index (κ1) is 16.3. The van der Waals surface area contributed by atoms with Crippen LogP contribution < -0.4 is 9.64 Å². The lowest BCUT2D eigenvalue weighted by atomic mass is 10.1. The Kier molecular flexibility index (Phi) is 5.41. The van der Waals surface area contributed by atoms with E-state index in [1.807, 2.05) is 30.0 Å². The Labute approximate surface area is 131 Å². The molecule has 0 unspecified atom stereocenters. The van der Waals surface area contributed by atoms with Gasteiger partial charge in [0.1, 0.15) is 6.54 Å². The molecule has 0 saturated carbocycles. The van der Waals surface area contributed by atoms with Crippen LogP contribution in [0.25, 0.3) is 0 Å². The fourth-order valence-corrected chi connectivity index (χ4v) is 2.67. The maximum absolute atomic E-state index is 12.5. The van der Waals surface area contributed by atoms with Gasteiger partial charge in [0.05, 0.1) is 12.2 Å². The molecular formula is C17H24N2O3. The van der Waals surface area contributed by atoms with Crippen LogP contribution in [0.4, 0.5) is 5.69 Å². The molecule has 0 atom stereocenters. The molecule has 2 rings (SSSR count). The molecule has 0 N–H and O–H groups in total. The number of carbonyl (C=O) groups excluding carboxylic acids is 2. The van der Waals surface area contributed by atoms with E-state index in [0.29, 0.717) is 5.75 Å². The fraction of sp³-hybridized carbons (Fsp3) is 0.529. The second-order valence-corrected chi connectivity index (χ2v) is 5.68. The first-order valence-electron chi connectivity index (χ1n) is 7.89. The van der Waals surface area contributed by atoms with Crippen LogP contribution in [-0.4, -0.2) is 43.0 Å². The number of ether oxygens (including phenoxy) is 1. The number of carbonyl (C=O) groups is 2. The van der Waals surface area contributed by atoms with Gasteiger partial charge in [-0.2, -0.15) is 0 Å². The summed E-state index contributed by atoms with van der Waals surface area (Å²) in [6.07, 6.45) is 1.87. The molecule has 120 valence electrons. The number of anilines is 1. The monoisotopic (exact) mass is 304 g/mol. The Bertz CT molecular complexity index is 551. The van der Waals surface area contributed by atoms with E-state index in [2.05, 4.69) is 13.8 Å². The second kappa shape index (κ2) is 7.29. The number of esters is 1. The van der Waals surface area contributed by atoms with Gasteiger partial charge in [-0.1, -0.05) is 19.9 Å². The summed E-state index contributed by atoms with van der Waals surface area (Å²) in [5, 5.41) is 0. The van der Waals surface area contributed by atoms with Gasteiger partial charge in [0, 0.05) is 13.1 Å². The molecule has 1 aromatic rings. The molecule has 5 heteroatoms. The van der Waals surface area contributed by atoms with Crippen molar-refractivity contribution in [2.45, 2.75) is 33.6 Å². The van der Waals surface area contributed by atoms with Gasteiger partial charge < -0.3 is 14.5 Å². The lowest BCUT2D eigenvalue weighted by Crippen LogP contribution is -2.45. The maximum Gasteiger partial charge on any atom is 0.331 e. The quantitative estimate of drug-likeness (QED) is 0.598. The summed E-state index contributed by atoms with van der Waals surface area (Å²) in [6, 6.07) is 5.71. The molecule has 1 amide bonds. The smallest absolute Gasteiger partial charge is 0.331 e. The molecular weight excluding hydrogens is 280 g/mol. The fourth-order valence-electron chi connectivity index (χ4n) is 2.67. The standard InChI is InChI=1S/C17H24N2O3/c1-4-8-18(9-5-2)16(20)11-19-12-17(21)22-15-10-13(3)6-7-14(15)19/h6-7,10H,4-5,8-9,11-12H2,1-3H3. The van der Waals surface area contributed by atoms with Crippen LogP contribution >= 0.6 is 0 Å². The SMILES string of the molecule is CCCN(CCC)C(=O)CN1CC(=O)Oc2cc(C)ccc21. The molecule has 0 aromatic heterocycles. The van der Waals surface area contributed by atoms with Crippen LogP contribution in [-0.2, 0) is 9.59 Å². The van der Waals surface area contributed by atoms with Crippen molar-refractivity contribution in [3.05, 3.63) is 23.8 Å². The molecule has 0 saturated heterocycles. The van der Waals surface area contributed by atoms with Crippen LogP contribution in [0, 0.1) is 6.92 Å². The van der Waals surface area contributed by atoms with E-state index >= 15 is 0 Å². The minimum atomic E-state index is -0.316. The van der Waals surface area contributed by atoms with E-state index < -0.39 is 0 Å². The lowest BCUT2D eigenvalue weighted by Gasteiger charge is -2.31. The first-order chi connectivity index (χ1) is 10.5. The van der Waals surface area contributed by atoms with Crippen LogP contribution in [0.3, 0.4) is 0 Å². The van der Waals surface area contributed by atoms with Gasteiger partial charge in [-0.15, -0.1) is 0 Å². The summed E-state index contributed by atoms with van der Waals surface area (Å²) in [7, 11) is 0. The molecule has 5 nitrogen and oxygen atoms in total. The molecule has 1 aliphatic rings. The second-order valence-electron chi connectivity index (χ2n) is 5.68. The number of hydrogen-bond donors (Lipinski definition) is 0. The summed E-state index contributed by atoms with van der Waals surface area (Å²) in [4.78, 5) is 27.9. The van der Waals surface area contributed by atoms with E-state index in [4.69, 9.17) is 4.74 Å². The molecule has 0 bridgehead atoms. The normalized spacial score (nSPS) is 13.6. The average Bonchev–Trinajstić information content (AvgIpc) is 2.46. The zero-order valence-corrected chi connectivity index (χ0v) is 13.6.